The fourth-order valence-corrected chi connectivity index (χ4v) is 2.91. The quantitative estimate of drug-likeness (QED) is 0.584. The molecule has 0 saturated carbocycles. The highest BCUT2D eigenvalue weighted by Crippen LogP contribution is 2.42. The molecule has 1 aliphatic rings. The van der Waals surface area contributed by atoms with Gasteiger partial charge in [-0.1, -0.05) is 50.2 Å². The minimum absolute atomic E-state index is 0.736. The molecule has 0 heteroatoms. The predicted octanol–water partition coefficient (Wildman–Crippen LogP) is 4.45. The molecule has 0 radical (unpaired) electrons. The first-order valence-electron chi connectivity index (χ1n) is 5.78. The van der Waals surface area contributed by atoms with E-state index in [1.54, 1.807) is 11.1 Å². The molecule has 3 rings (SSSR count). The molecule has 0 aromatic heterocycles. The van der Waals surface area contributed by atoms with E-state index in [2.05, 4.69) is 50.2 Å². The van der Waals surface area contributed by atoms with Crippen LogP contribution in [-0.4, -0.2) is 0 Å². The van der Waals surface area contributed by atoms with Crippen molar-refractivity contribution < 1.29 is 0 Å². The molecule has 2 atom stereocenters. The normalized spacial score (nSPS) is 24.4. The Bertz CT molecular complexity index is 464. The second-order valence-electron chi connectivity index (χ2n) is 4.87. The molecule has 0 amide bonds. The van der Waals surface area contributed by atoms with Crippen molar-refractivity contribution in [1.82, 2.24) is 0 Å². The largest absolute Gasteiger partial charge is 0.0616 e. The van der Waals surface area contributed by atoms with E-state index in [1.807, 2.05) is 0 Å². The van der Waals surface area contributed by atoms with E-state index in [0.29, 0.717) is 0 Å². The summed E-state index contributed by atoms with van der Waals surface area (Å²) in [6, 6.07) is 13.4. The molecule has 0 fully saturated rings. The van der Waals surface area contributed by atoms with Crippen molar-refractivity contribution in [3.63, 3.8) is 0 Å². The highest BCUT2D eigenvalue weighted by Gasteiger charge is 2.24. The molecule has 0 aliphatic heterocycles. The Morgan fingerprint density at radius 1 is 0.867 bits per heavy atom. The molecule has 2 aromatic rings. The van der Waals surface area contributed by atoms with Crippen LogP contribution in [0, 0.1) is 0 Å². The average molecular weight is 196 g/mol. The van der Waals surface area contributed by atoms with Crippen molar-refractivity contribution in [2.45, 2.75) is 32.1 Å². The summed E-state index contributed by atoms with van der Waals surface area (Å²) in [7, 11) is 0. The molecule has 1 aliphatic carbocycles. The Balaban J connectivity index is 2.32. The number of hydrogen-bond donors (Lipinski definition) is 0. The summed E-state index contributed by atoms with van der Waals surface area (Å²) in [6.07, 6.45) is 1.31. The molecule has 2 unspecified atom stereocenters. The van der Waals surface area contributed by atoms with Crippen LogP contribution < -0.4 is 0 Å². The third-order valence-electron chi connectivity index (χ3n) is 3.72. The summed E-state index contributed by atoms with van der Waals surface area (Å²) in [5.41, 5.74) is 3.14. The lowest BCUT2D eigenvalue weighted by molar-refractivity contribution is 0.661. The molecule has 0 spiro atoms. The molecular weight excluding hydrogens is 180 g/mol. The molecule has 0 nitrogen and oxygen atoms in total. The topological polar surface area (TPSA) is 0 Å². The van der Waals surface area contributed by atoms with Gasteiger partial charge in [-0.3, -0.25) is 0 Å². The van der Waals surface area contributed by atoms with Crippen LogP contribution in [0.15, 0.2) is 36.4 Å². The number of hydrogen-bond acceptors (Lipinski definition) is 0. The van der Waals surface area contributed by atoms with Crippen molar-refractivity contribution in [1.29, 1.82) is 0 Å². The van der Waals surface area contributed by atoms with E-state index in [-0.39, 0.29) is 0 Å². The van der Waals surface area contributed by atoms with E-state index >= 15 is 0 Å². The number of rotatable bonds is 0. The zero-order chi connectivity index (χ0) is 10.4. The molecule has 2 aromatic carbocycles. The highest BCUT2D eigenvalue weighted by molar-refractivity contribution is 5.84. The van der Waals surface area contributed by atoms with Crippen molar-refractivity contribution in [3.8, 4) is 0 Å². The van der Waals surface area contributed by atoms with Gasteiger partial charge in [0.05, 0.1) is 0 Å². The number of benzene rings is 2. The molecule has 0 N–H and O–H groups in total. The van der Waals surface area contributed by atoms with Crippen molar-refractivity contribution >= 4 is 10.8 Å². The fraction of sp³-hybridized carbons (Fsp3) is 0.333. The maximum atomic E-state index is 2.39. The maximum absolute atomic E-state index is 2.39. The van der Waals surface area contributed by atoms with E-state index in [0.717, 1.165) is 11.8 Å². The van der Waals surface area contributed by atoms with Gasteiger partial charge in [-0.05, 0) is 40.2 Å². The Morgan fingerprint density at radius 3 is 1.80 bits per heavy atom. The average Bonchev–Trinajstić information content (AvgIpc) is 2.52. The third-order valence-corrected chi connectivity index (χ3v) is 3.72. The third kappa shape index (κ3) is 1.28. The molecule has 0 bridgehead atoms. The smallest absolute Gasteiger partial charge is 0.0181 e. The minimum atomic E-state index is 0.736. The summed E-state index contributed by atoms with van der Waals surface area (Å²) in [4.78, 5) is 0. The molecule has 0 heterocycles. The van der Waals surface area contributed by atoms with Crippen LogP contribution >= 0.6 is 0 Å². The second-order valence-corrected chi connectivity index (χ2v) is 4.87. The fourth-order valence-electron chi connectivity index (χ4n) is 2.91. The monoisotopic (exact) mass is 196 g/mol. The zero-order valence-electron chi connectivity index (χ0n) is 9.33. The van der Waals surface area contributed by atoms with Crippen LogP contribution in [0.3, 0.4) is 0 Å². The van der Waals surface area contributed by atoms with Gasteiger partial charge in [-0.2, -0.15) is 0 Å². The van der Waals surface area contributed by atoms with E-state index in [4.69, 9.17) is 0 Å². The Hall–Kier alpha value is -1.30. The van der Waals surface area contributed by atoms with Crippen molar-refractivity contribution in [3.05, 3.63) is 47.5 Å². The summed E-state index contributed by atoms with van der Waals surface area (Å²) < 4.78 is 0. The Labute approximate surface area is 90.9 Å². The van der Waals surface area contributed by atoms with Gasteiger partial charge in [0.25, 0.3) is 0 Å². The maximum Gasteiger partial charge on any atom is -0.0181 e. The standard InChI is InChI=1S/C15H16/c1-10-7-11(2)15-9-13-6-4-3-5-12(13)8-14(10)15/h3-6,8-11H,7H2,1-2H3. The van der Waals surface area contributed by atoms with Gasteiger partial charge < -0.3 is 0 Å². The first-order chi connectivity index (χ1) is 7.25. The lowest BCUT2D eigenvalue weighted by Gasteiger charge is -2.07. The SMILES string of the molecule is CC1CC(C)c2cc3ccccc3cc21. The van der Waals surface area contributed by atoms with E-state index in [9.17, 15) is 0 Å². The molecule has 0 saturated heterocycles. The summed E-state index contributed by atoms with van der Waals surface area (Å²) >= 11 is 0. The van der Waals surface area contributed by atoms with Gasteiger partial charge in [0, 0.05) is 0 Å². The van der Waals surface area contributed by atoms with Gasteiger partial charge in [0.15, 0.2) is 0 Å². The van der Waals surface area contributed by atoms with Crippen LogP contribution in [-0.2, 0) is 0 Å². The Morgan fingerprint density at radius 2 is 1.33 bits per heavy atom. The van der Waals surface area contributed by atoms with Gasteiger partial charge in [-0.15, -0.1) is 0 Å². The number of fused-ring (bicyclic) bond motifs is 2. The highest BCUT2D eigenvalue weighted by atomic mass is 14.3. The van der Waals surface area contributed by atoms with Gasteiger partial charge >= 0.3 is 0 Å². The first kappa shape index (κ1) is 8.96. The van der Waals surface area contributed by atoms with Gasteiger partial charge in [-0.25, -0.2) is 0 Å². The first-order valence-corrected chi connectivity index (χ1v) is 5.78. The Kier molecular flexibility index (Phi) is 1.85. The van der Waals surface area contributed by atoms with Crippen LogP contribution in [0.25, 0.3) is 10.8 Å². The summed E-state index contributed by atoms with van der Waals surface area (Å²) in [5, 5.41) is 2.77. The van der Waals surface area contributed by atoms with Crippen molar-refractivity contribution in [2.75, 3.05) is 0 Å². The molecule has 15 heavy (non-hydrogen) atoms. The lowest BCUT2D eigenvalue weighted by atomic mass is 9.98. The van der Waals surface area contributed by atoms with Crippen molar-refractivity contribution in [2.24, 2.45) is 0 Å². The van der Waals surface area contributed by atoms with Crippen LogP contribution in [0.1, 0.15) is 43.2 Å². The lowest BCUT2D eigenvalue weighted by Crippen LogP contribution is -1.87. The molecule has 76 valence electrons. The van der Waals surface area contributed by atoms with E-state index < -0.39 is 0 Å². The summed E-state index contributed by atoms with van der Waals surface area (Å²) in [5.74, 6) is 1.47. The van der Waals surface area contributed by atoms with Crippen LogP contribution in [0.4, 0.5) is 0 Å². The van der Waals surface area contributed by atoms with Crippen LogP contribution in [0.2, 0.25) is 0 Å². The zero-order valence-corrected chi connectivity index (χ0v) is 9.33. The molecular formula is C15H16. The van der Waals surface area contributed by atoms with Crippen LogP contribution in [0.5, 0.6) is 0 Å². The summed E-state index contributed by atoms with van der Waals surface area (Å²) in [6.45, 7) is 4.69. The predicted molar refractivity (Wildman–Crippen MR) is 65.4 cm³/mol. The van der Waals surface area contributed by atoms with Gasteiger partial charge in [0.1, 0.15) is 0 Å². The van der Waals surface area contributed by atoms with Gasteiger partial charge in [0.2, 0.25) is 0 Å². The van der Waals surface area contributed by atoms with E-state index in [1.165, 1.54) is 17.2 Å². The minimum Gasteiger partial charge on any atom is -0.0616 e. The second kappa shape index (κ2) is 3.10.